The molecule has 3 heterocycles. The fourth-order valence-electron chi connectivity index (χ4n) is 1.71. The lowest BCUT2D eigenvalue weighted by Gasteiger charge is -2.08. The number of hydrogen-bond donors (Lipinski definition) is 0. The summed E-state index contributed by atoms with van der Waals surface area (Å²) in [6, 6.07) is 0.821. The van der Waals surface area contributed by atoms with Crippen LogP contribution in [0.15, 0.2) is 21.8 Å². The van der Waals surface area contributed by atoms with Crippen LogP contribution in [0.2, 0.25) is 5.02 Å². The van der Waals surface area contributed by atoms with Gasteiger partial charge in [-0.2, -0.15) is 13.2 Å². The number of nitrogens with zero attached hydrogens (tertiary/aromatic N) is 5. The third-order valence-electron chi connectivity index (χ3n) is 2.65. The highest BCUT2D eigenvalue weighted by Crippen LogP contribution is 2.33. The SMILES string of the molecule is Cc1nnc(CSc2nnc3c(Cl)cc(C(F)(F)F)cn23)o1. The summed E-state index contributed by atoms with van der Waals surface area (Å²) in [6.45, 7) is 1.64. The van der Waals surface area contributed by atoms with Crippen LogP contribution in [0.1, 0.15) is 17.3 Å². The maximum atomic E-state index is 12.8. The van der Waals surface area contributed by atoms with Gasteiger partial charge in [-0.1, -0.05) is 23.4 Å². The highest BCUT2D eigenvalue weighted by Gasteiger charge is 2.32. The Morgan fingerprint density at radius 3 is 2.68 bits per heavy atom. The van der Waals surface area contributed by atoms with Crippen molar-refractivity contribution in [3.05, 3.63) is 34.6 Å². The van der Waals surface area contributed by atoms with E-state index in [-0.39, 0.29) is 21.6 Å². The van der Waals surface area contributed by atoms with Crippen molar-refractivity contribution in [1.82, 2.24) is 24.8 Å². The molecule has 0 unspecified atom stereocenters. The molecule has 0 bridgehead atoms. The predicted molar refractivity (Wildman–Crippen MR) is 71.6 cm³/mol. The van der Waals surface area contributed by atoms with E-state index in [1.54, 1.807) is 6.92 Å². The van der Waals surface area contributed by atoms with Gasteiger partial charge in [0.15, 0.2) is 10.8 Å². The van der Waals surface area contributed by atoms with Crippen molar-refractivity contribution >= 4 is 29.0 Å². The second-order valence-electron chi connectivity index (χ2n) is 4.25. The first kappa shape index (κ1) is 15.1. The Morgan fingerprint density at radius 1 is 1.27 bits per heavy atom. The Bertz CT molecular complexity index is 831. The van der Waals surface area contributed by atoms with E-state index in [1.165, 1.54) is 4.40 Å². The number of hydrogen-bond acceptors (Lipinski definition) is 6. The molecule has 116 valence electrons. The molecule has 0 aromatic carbocycles. The standard InChI is InChI=1S/C11H7ClF3N5OS/c1-5-16-17-8(21-5)4-22-10-19-18-9-7(12)2-6(3-20(9)10)11(13,14)15/h2-3H,4H2,1H3. The maximum absolute atomic E-state index is 12.8. The van der Waals surface area contributed by atoms with Crippen molar-refractivity contribution in [2.45, 2.75) is 24.0 Å². The second kappa shape index (κ2) is 5.43. The maximum Gasteiger partial charge on any atom is 0.417 e. The Balaban J connectivity index is 1.94. The van der Waals surface area contributed by atoms with Crippen LogP contribution in [0.25, 0.3) is 5.65 Å². The number of pyridine rings is 1. The molecule has 0 saturated carbocycles. The zero-order chi connectivity index (χ0) is 15.9. The molecule has 0 fully saturated rings. The molecule has 22 heavy (non-hydrogen) atoms. The summed E-state index contributed by atoms with van der Waals surface area (Å²) in [4.78, 5) is 0. The van der Waals surface area contributed by atoms with Gasteiger partial charge in [0.1, 0.15) is 0 Å². The molecule has 0 aliphatic carbocycles. The molecule has 0 aliphatic heterocycles. The van der Waals surface area contributed by atoms with Gasteiger partial charge in [0, 0.05) is 13.1 Å². The average molecular weight is 350 g/mol. The average Bonchev–Trinajstić information content (AvgIpc) is 3.02. The molecule has 0 spiro atoms. The van der Waals surface area contributed by atoms with Crippen LogP contribution in [-0.2, 0) is 11.9 Å². The van der Waals surface area contributed by atoms with Gasteiger partial charge in [0.05, 0.1) is 16.3 Å². The molecule has 3 aromatic heterocycles. The number of thioether (sulfide) groups is 1. The van der Waals surface area contributed by atoms with Gasteiger partial charge in [0.2, 0.25) is 11.8 Å². The van der Waals surface area contributed by atoms with Crippen molar-refractivity contribution in [3.63, 3.8) is 0 Å². The minimum absolute atomic E-state index is 0.122. The van der Waals surface area contributed by atoms with E-state index >= 15 is 0 Å². The summed E-state index contributed by atoms with van der Waals surface area (Å²) in [5.41, 5.74) is -0.723. The number of aromatic nitrogens is 5. The second-order valence-corrected chi connectivity index (χ2v) is 5.60. The monoisotopic (exact) mass is 349 g/mol. The van der Waals surface area contributed by atoms with Gasteiger partial charge in [-0.05, 0) is 6.07 Å². The summed E-state index contributed by atoms with van der Waals surface area (Å²) < 4.78 is 44.9. The fraction of sp³-hybridized carbons (Fsp3) is 0.273. The lowest BCUT2D eigenvalue weighted by Crippen LogP contribution is -2.07. The van der Waals surface area contributed by atoms with Crippen LogP contribution in [0.5, 0.6) is 0 Å². The smallest absolute Gasteiger partial charge is 0.417 e. The van der Waals surface area contributed by atoms with E-state index in [0.29, 0.717) is 11.8 Å². The van der Waals surface area contributed by atoms with E-state index in [4.69, 9.17) is 16.0 Å². The molecule has 0 aliphatic rings. The number of fused-ring (bicyclic) bond motifs is 1. The van der Waals surface area contributed by atoms with E-state index < -0.39 is 11.7 Å². The topological polar surface area (TPSA) is 69.1 Å². The van der Waals surface area contributed by atoms with Crippen LogP contribution < -0.4 is 0 Å². The van der Waals surface area contributed by atoms with E-state index in [1.807, 2.05) is 0 Å². The Hall–Kier alpha value is -1.81. The molecule has 0 radical (unpaired) electrons. The van der Waals surface area contributed by atoms with E-state index in [2.05, 4.69) is 20.4 Å². The van der Waals surface area contributed by atoms with Crippen molar-refractivity contribution in [2.75, 3.05) is 0 Å². The van der Waals surface area contributed by atoms with Crippen LogP contribution in [-0.4, -0.2) is 24.8 Å². The lowest BCUT2D eigenvalue weighted by molar-refractivity contribution is -0.137. The Kier molecular flexibility index (Phi) is 3.73. The molecular formula is C11H7ClF3N5OS. The molecule has 0 N–H and O–H groups in total. The third-order valence-corrected chi connectivity index (χ3v) is 3.85. The minimum atomic E-state index is -4.51. The highest BCUT2D eigenvalue weighted by atomic mass is 35.5. The van der Waals surface area contributed by atoms with Crippen LogP contribution in [0, 0.1) is 6.92 Å². The molecular weight excluding hydrogens is 343 g/mol. The lowest BCUT2D eigenvalue weighted by atomic mass is 10.3. The molecule has 0 atom stereocenters. The first-order chi connectivity index (χ1) is 10.3. The Morgan fingerprint density at radius 2 is 2.05 bits per heavy atom. The first-order valence-corrected chi connectivity index (χ1v) is 7.24. The molecule has 6 nitrogen and oxygen atoms in total. The number of halogens is 4. The fourth-order valence-corrected chi connectivity index (χ4v) is 2.70. The van der Waals surface area contributed by atoms with Crippen LogP contribution in [0.3, 0.4) is 0 Å². The van der Waals surface area contributed by atoms with Crippen molar-refractivity contribution < 1.29 is 17.6 Å². The first-order valence-electron chi connectivity index (χ1n) is 5.88. The van der Waals surface area contributed by atoms with E-state index in [9.17, 15) is 13.2 Å². The minimum Gasteiger partial charge on any atom is -0.425 e. The summed E-state index contributed by atoms with van der Waals surface area (Å²) in [5, 5.41) is 15.2. The summed E-state index contributed by atoms with van der Waals surface area (Å²) in [5.74, 6) is 1.01. The quantitative estimate of drug-likeness (QED) is 0.675. The summed E-state index contributed by atoms with van der Waals surface area (Å²) in [7, 11) is 0. The van der Waals surface area contributed by atoms with Crippen molar-refractivity contribution in [1.29, 1.82) is 0 Å². The normalized spacial score (nSPS) is 12.2. The van der Waals surface area contributed by atoms with Crippen molar-refractivity contribution in [2.24, 2.45) is 0 Å². The molecule has 3 aromatic rings. The highest BCUT2D eigenvalue weighted by molar-refractivity contribution is 7.98. The number of rotatable bonds is 3. The molecule has 3 rings (SSSR count). The van der Waals surface area contributed by atoms with Gasteiger partial charge in [-0.3, -0.25) is 4.40 Å². The molecule has 11 heteroatoms. The number of alkyl halides is 3. The van der Waals surface area contributed by atoms with Gasteiger partial charge < -0.3 is 4.42 Å². The third kappa shape index (κ3) is 2.88. The zero-order valence-corrected chi connectivity index (χ0v) is 12.5. The Labute approximate surface area is 130 Å². The summed E-state index contributed by atoms with van der Waals surface area (Å²) >= 11 is 6.95. The van der Waals surface area contributed by atoms with Crippen LogP contribution in [0.4, 0.5) is 13.2 Å². The van der Waals surface area contributed by atoms with Gasteiger partial charge in [-0.25, -0.2) is 0 Å². The predicted octanol–water partition coefficient (Wildman–Crippen LogP) is 3.39. The van der Waals surface area contributed by atoms with Gasteiger partial charge >= 0.3 is 6.18 Å². The zero-order valence-electron chi connectivity index (χ0n) is 10.9. The molecule has 0 saturated heterocycles. The van der Waals surface area contributed by atoms with Crippen LogP contribution >= 0.6 is 23.4 Å². The van der Waals surface area contributed by atoms with Gasteiger partial charge in [0.25, 0.3) is 0 Å². The number of aryl methyl sites for hydroxylation is 1. The van der Waals surface area contributed by atoms with Crippen molar-refractivity contribution in [3.8, 4) is 0 Å². The summed E-state index contributed by atoms with van der Waals surface area (Å²) in [6.07, 6.45) is -3.60. The molecule has 0 amide bonds. The van der Waals surface area contributed by atoms with E-state index in [0.717, 1.165) is 24.0 Å². The van der Waals surface area contributed by atoms with Gasteiger partial charge in [-0.15, -0.1) is 20.4 Å². The largest absolute Gasteiger partial charge is 0.425 e.